The molecule has 8 rings (SSSR count). The van der Waals surface area contributed by atoms with Crippen molar-refractivity contribution in [2.45, 2.75) is 92.4 Å². The molecule has 2 fully saturated rings. The van der Waals surface area contributed by atoms with Gasteiger partial charge >= 0.3 is 42.8 Å². The number of urea groups is 2. The molecule has 4 aromatic rings. The maximum atomic E-state index is 13.8. The SMILES string of the molecule is CN1CC(NC(=O)N(CC(F)(F)F)C(F)(F)C(F)(F)F)CC2c3cccc4[nH]cc(c34)CC21.CN1CC(NC(=O)N(CC(F)(F)F)CC(F)(F)F)CC2c3cccc4[nH]cc(c34)CC21. The van der Waals surface area contributed by atoms with Crippen molar-refractivity contribution in [3.05, 3.63) is 71.0 Å². The summed E-state index contributed by atoms with van der Waals surface area (Å²) in [6, 6.07) is 0.585. The summed E-state index contributed by atoms with van der Waals surface area (Å²) in [5.41, 5.74) is 6.15. The number of piperidine rings is 2. The number of amides is 4. The molecule has 6 atom stereocenters. The molecule has 10 nitrogen and oxygen atoms in total. The average Bonchev–Trinajstić information content (AvgIpc) is 3.78. The van der Waals surface area contributed by atoms with Crippen molar-refractivity contribution in [3.8, 4) is 0 Å². The molecule has 352 valence electrons. The number of likely N-dealkylation sites (N-methyl/N-ethyl adjacent to an activating group) is 2. The monoisotopic (exact) mass is 932 g/mol. The zero-order valence-electron chi connectivity index (χ0n) is 33.8. The first-order chi connectivity index (χ1) is 29.6. The number of aromatic nitrogens is 2. The van der Waals surface area contributed by atoms with Gasteiger partial charge in [0.2, 0.25) is 0 Å². The van der Waals surface area contributed by atoms with Gasteiger partial charge in [-0.3, -0.25) is 0 Å². The van der Waals surface area contributed by atoms with Crippen LogP contribution in [0.15, 0.2) is 48.8 Å². The molecule has 24 heteroatoms. The fourth-order valence-corrected chi connectivity index (χ4v) is 9.87. The van der Waals surface area contributed by atoms with Crippen molar-refractivity contribution >= 4 is 33.9 Å². The molecule has 0 bridgehead atoms. The van der Waals surface area contributed by atoms with Crippen molar-refractivity contribution in [1.82, 2.24) is 40.2 Å². The Morgan fingerprint density at radius 2 is 1.03 bits per heavy atom. The van der Waals surface area contributed by atoms with Gasteiger partial charge in [-0.1, -0.05) is 24.3 Å². The number of hydrogen-bond donors (Lipinski definition) is 4. The van der Waals surface area contributed by atoms with Gasteiger partial charge in [-0.15, -0.1) is 0 Å². The molecule has 2 saturated heterocycles. The summed E-state index contributed by atoms with van der Waals surface area (Å²) in [5, 5.41) is 6.50. The lowest BCUT2D eigenvalue weighted by Crippen LogP contribution is -2.63. The van der Waals surface area contributed by atoms with Crippen LogP contribution >= 0.6 is 0 Å². The van der Waals surface area contributed by atoms with E-state index in [1.54, 1.807) is 7.05 Å². The number of carbonyl (C=O) groups excluding carboxylic acids is 2. The van der Waals surface area contributed by atoms with Crippen LogP contribution in [-0.2, 0) is 12.8 Å². The largest absolute Gasteiger partial charge is 0.475 e. The van der Waals surface area contributed by atoms with Gasteiger partial charge in [0.05, 0.1) is 0 Å². The van der Waals surface area contributed by atoms with E-state index in [0.717, 1.165) is 44.9 Å². The Balaban J connectivity index is 0.000000192. The number of hydrogen-bond acceptors (Lipinski definition) is 4. The number of rotatable bonds is 6. The molecule has 0 radical (unpaired) electrons. The quantitative estimate of drug-likeness (QED) is 0.115. The highest BCUT2D eigenvalue weighted by Crippen LogP contribution is 2.45. The lowest BCUT2D eigenvalue weighted by atomic mass is 9.74. The first-order valence-electron chi connectivity index (χ1n) is 20.0. The summed E-state index contributed by atoms with van der Waals surface area (Å²) in [6.45, 7) is -6.24. The standard InChI is InChI=1S/C20H20F8N4O.C20H22F6N4O/c1-31-8-11(30-17(33)32(9-18(21,22)23)20(27,28)19(24,25)26)6-13-12-3-2-4-14-16(12)10(7-29-14)5-15(13)31;1-29-8-12(28-18(31)30(9-19(21,22)23)10-20(24,25)26)6-14-13-3-2-4-15-17(13)11(7-27-15)5-16(14)29/h2-4,7,11,13,15,29H,5-6,8-9H2,1H3,(H,30,33);2-4,7,12,14,16,27H,5-6,8-10H2,1H3,(H,28,31). The maximum absolute atomic E-state index is 13.8. The van der Waals surface area contributed by atoms with E-state index in [2.05, 4.69) is 15.3 Å². The summed E-state index contributed by atoms with van der Waals surface area (Å²) < 4.78 is 181. The third kappa shape index (κ3) is 9.81. The van der Waals surface area contributed by atoms with E-state index in [1.807, 2.05) is 71.0 Å². The molecule has 4 amide bonds. The molecule has 0 saturated carbocycles. The third-order valence-corrected chi connectivity index (χ3v) is 12.4. The summed E-state index contributed by atoms with van der Waals surface area (Å²) in [5.74, 6) is -0.185. The molecule has 4 N–H and O–H groups in total. The van der Waals surface area contributed by atoms with Gasteiger partial charge in [0.1, 0.15) is 19.6 Å². The van der Waals surface area contributed by atoms with Gasteiger partial charge < -0.3 is 35.3 Å². The summed E-state index contributed by atoms with van der Waals surface area (Å²) in [6.07, 6.45) is -15.8. The minimum atomic E-state index is -6.37. The minimum Gasteiger partial charge on any atom is -0.361 e. The second-order valence-electron chi connectivity index (χ2n) is 16.9. The fraction of sp³-hybridized carbons (Fsp3) is 0.550. The number of nitrogens with zero attached hydrogens (tertiary/aromatic N) is 4. The van der Waals surface area contributed by atoms with E-state index in [4.69, 9.17) is 0 Å². The molecular weight excluding hydrogens is 890 g/mol. The topological polar surface area (TPSA) is 103 Å². The first kappa shape index (κ1) is 47.0. The van der Waals surface area contributed by atoms with Gasteiger partial charge in [0.15, 0.2) is 0 Å². The summed E-state index contributed by atoms with van der Waals surface area (Å²) >= 11 is 0. The molecule has 2 aromatic carbocycles. The van der Waals surface area contributed by atoms with Crippen molar-refractivity contribution in [3.63, 3.8) is 0 Å². The predicted octanol–water partition coefficient (Wildman–Crippen LogP) is 8.63. The maximum Gasteiger partial charge on any atom is 0.475 e. The van der Waals surface area contributed by atoms with Crippen LogP contribution < -0.4 is 10.6 Å². The van der Waals surface area contributed by atoms with E-state index >= 15 is 0 Å². The number of H-pyrrole nitrogens is 2. The molecule has 2 aliphatic heterocycles. The van der Waals surface area contributed by atoms with Crippen LogP contribution in [-0.4, -0.2) is 143 Å². The van der Waals surface area contributed by atoms with Gasteiger partial charge in [0.25, 0.3) is 0 Å². The number of nitrogens with one attached hydrogen (secondary N) is 4. The van der Waals surface area contributed by atoms with Gasteiger partial charge in [-0.05, 0) is 74.2 Å². The van der Waals surface area contributed by atoms with Crippen molar-refractivity contribution in [2.24, 2.45) is 0 Å². The molecule has 64 heavy (non-hydrogen) atoms. The number of aromatic amines is 2. The van der Waals surface area contributed by atoms with Gasteiger partial charge in [0, 0.05) is 83.3 Å². The van der Waals surface area contributed by atoms with E-state index in [0.29, 0.717) is 19.4 Å². The van der Waals surface area contributed by atoms with Crippen LogP contribution in [0.1, 0.15) is 46.9 Å². The molecule has 6 unspecified atom stereocenters. The molecule has 2 aromatic heterocycles. The lowest BCUT2D eigenvalue weighted by Gasteiger charge is -2.46. The average molecular weight is 933 g/mol. The zero-order chi connectivity index (χ0) is 46.9. The van der Waals surface area contributed by atoms with E-state index in [-0.39, 0.29) is 41.8 Å². The smallest absolute Gasteiger partial charge is 0.361 e. The second kappa shape index (κ2) is 16.8. The number of halogens is 14. The third-order valence-electron chi connectivity index (χ3n) is 12.4. The van der Waals surface area contributed by atoms with Crippen LogP contribution in [0, 0.1) is 0 Å². The van der Waals surface area contributed by atoms with Crippen molar-refractivity contribution < 1.29 is 71.1 Å². The van der Waals surface area contributed by atoms with Crippen LogP contribution in [0.2, 0.25) is 0 Å². The Kier molecular flexibility index (Phi) is 12.3. The Hall–Kier alpha value is -5.00. The molecule has 2 aliphatic carbocycles. The Labute approximate surface area is 355 Å². The lowest BCUT2D eigenvalue weighted by molar-refractivity contribution is -0.338. The van der Waals surface area contributed by atoms with Gasteiger partial charge in [-0.2, -0.15) is 61.5 Å². The predicted molar refractivity (Wildman–Crippen MR) is 204 cm³/mol. The normalized spacial score (nSPS) is 24.1. The van der Waals surface area contributed by atoms with Crippen LogP contribution in [0.5, 0.6) is 0 Å². The van der Waals surface area contributed by atoms with Crippen LogP contribution in [0.3, 0.4) is 0 Å². The Morgan fingerprint density at radius 1 is 0.625 bits per heavy atom. The van der Waals surface area contributed by atoms with E-state index in [1.165, 1.54) is 5.56 Å². The van der Waals surface area contributed by atoms with Gasteiger partial charge in [-0.25, -0.2) is 14.5 Å². The molecule has 4 aliphatic rings. The van der Waals surface area contributed by atoms with E-state index < -0.39 is 79.4 Å². The number of benzene rings is 2. The second-order valence-corrected chi connectivity index (χ2v) is 16.9. The highest BCUT2D eigenvalue weighted by Gasteiger charge is 2.65. The molecule has 0 spiro atoms. The summed E-state index contributed by atoms with van der Waals surface area (Å²) in [4.78, 5) is 33.2. The Bertz CT molecular complexity index is 2320. The fourth-order valence-electron chi connectivity index (χ4n) is 9.87. The zero-order valence-corrected chi connectivity index (χ0v) is 33.8. The van der Waals surface area contributed by atoms with Crippen molar-refractivity contribution in [2.75, 3.05) is 46.8 Å². The number of likely N-dealkylation sites (tertiary alicyclic amines) is 2. The number of fused-ring (bicyclic) bond motifs is 4. The number of alkyl halides is 14. The van der Waals surface area contributed by atoms with Crippen molar-refractivity contribution in [1.29, 1.82) is 0 Å². The molecular formula is C40H42F14N8O2. The highest BCUT2D eigenvalue weighted by molar-refractivity contribution is 5.89. The first-order valence-corrected chi connectivity index (χ1v) is 20.0. The summed E-state index contributed by atoms with van der Waals surface area (Å²) in [7, 11) is 3.57. The van der Waals surface area contributed by atoms with Crippen LogP contribution in [0.25, 0.3) is 21.8 Å². The molecule has 4 heterocycles. The van der Waals surface area contributed by atoms with E-state index in [9.17, 15) is 71.1 Å². The minimum absolute atomic E-state index is 0.00901. The van der Waals surface area contributed by atoms with Crippen LogP contribution in [0.4, 0.5) is 71.1 Å². The number of carbonyl (C=O) groups is 2. The highest BCUT2D eigenvalue weighted by atomic mass is 19.4. The Morgan fingerprint density at radius 3 is 1.42 bits per heavy atom.